The van der Waals surface area contributed by atoms with E-state index in [1.807, 2.05) is 17.6 Å². The van der Waals surface area contributed by atoms with Gasteiger partial charge in [0.15, 0.2) is 0 Å². The Labute approximate surface area is 162 Å². The quantitative estimate of drug-likeness (QED) is 0.353. The molecule has 2 aliphatic heterocycles. The van der Waals surface area contributed by atoms with E-state index in [-0.39, 0.29) is 12.8 Å². The van der Waals surface area contributed by atoms with E-state index >= 15 is 0 Å². The third-order valence-corrected chi connectivity index (χ3v) is 4.14. The fraction of sp³-hybridized carbons (Fsp3) is 0.444. The summed E-state index contributed by atoms with van der Waals surface area (Å²) in [5.74, 6) is 3.06. The van der Waals surface area contributed by atoms with Gasteiger partial charge in [-0.15, -0.1) is 12.5 Å². The van der Waals surface area contributed by atoms with Gasteiger partial charge in [0.25, 0.3) is 0 Å². The first kappa shape index (κ1) is 22.6. The van der Waals surface area contributed by atoms with Crippen LogP contribution in [0.4, 0.5) is 9.59 Å². The van der Waals surface area contributed by atoms with Crippen LogP contribution in [0.1, 0.15) is 33.1 Å². The highest BCUT2D eigenvalue weighted by Gasteiger charge is 2.55. The molecule has 0 aromatic rings. The molecule has 0 bridgehead atoms. The molecule has 10 nitrogen and oxygen atoms in total. The molecule has 0 aromatic heterocycles. The topological polar surface area (TPSA) is 142 Å². The summed E-state index contributed by atoms with van der Waals surface area (Å²) in [6.07, 6.45) is 2.03. The van der Waals surface area contributed by atoms with Gasteiger partial charge in [-0.2, -0.15) is 0 Å². The molecule has 0 spiro atoms. The zero-order valence-corrected chi connectivity index (χ0v) is 15.9. The lowest BCUT2D eigenvalue weighted by Crippen LogP contribution is -2.64. The SMILES string of the molecule is C=CCC1(C(C)C#CCC)C(=O)NC(=O)N(C)C1=O.O=C1CC(=O)NC(=O)N1. The highest BCUT2D eigenvalue weighted by atomic mass is 16.2. The van der Waals surface area contributed by atoms with Crippen LogP contribution < -0.4 is 16.0 Å². The molecule has 8 amide bonds. The molecule has 2 fully saturated rings. The van der Waals surface area contributed by atoms with E-state index in [0.717, 1.165) is 4.90 Å². The normalized spacial score (nSPS) is 22.6. The van der Waals surface area contributed by atoms with Crippen molar-refractivity contribution in [3.05, 3.63) is 12.7 Å². The van der Waals surface area contributed by atoms with Crippen molar-refractivity contribution < 1.29 is 28.8 Å². The van der Waals surface area contributed by atoms with Gasteiger partial charge in [-0.3, -0.25) is 40.0 Å². The number of urea groups is 2. The number of hydrogen-bond acceptors (Lipinski definition) is 6. The van der Waals surface area contributed by atoms with Crippen molar-refractivity contribution in [1.82, 2.24) is 20.9 Å². The molecule has 2 heterocycles. The summed E-state index contributed by atoms with van der Waals surface area (Å²) >= 11 is 0. The minimum absolute atomic E-state index is 0.148. The van der Waals surface area contributed by atoms with Crippen molar-refractivity contribution in [1.29, 1.82) is 0 Å². The van der Waals surface area contributed by atoms with Crippen LogP contribution >= 0.6 is 0 Å². The van der Waals surface area contributed by atoms with Gasteiger partial charge in [0.2, 0.25) is 23.6 Å². The first-order chi connectivity index (χ1) is 13.1. The Balaban J connectivity index is 0.000000362. The van der Waals surface area contributed by atoms with Gasteiger partial charge in [0.05, 0.1) is 0 Å². The van der Waals surface area contributed by atoms with Crippen LogP contribution in [0.5, 0.6) is 0 Å². The van der Waals surface area contributed by atoms with Crippen molar-refractivity contribution in [2.45, 2.75) is 33.1 Å². The molecule has 28 heavy (non-hydrogen) atoms. The standard InChI is InChI=1S/C14H18N2O3.C4H4N2O3/c1-5-7-8-10(3)14(9-6-2)11(17)15-13(19)16(4)12(14)18;7-2-1-3(8)6-4(9)5-2/h6,10H,2,5,9H2,1,3-4H3,(H,15,17,19);1H2,(H2,5,6,7,8,9). The molecule has 2 aliphatic rings. The predicted molar refractivity (Wildman–Crippen MR) is 97.1 cm³/mol. The molecule has 0 aliphatic carbocycles. The Bertz CT molecular complexity index is 748. The van der Waals surface area contributed by atoms with Crippen molar-refractivity contribution >= 4 is 35.7 Å². The fourth-order valence-electron chi connectivity index (χ4n) is 2.64. The Morgan fingerprint density at radius 3 is 2.18 bits per heavy atom. The number of imide groups is 4. The van der Waals surface area contributed by atoms with E-state index in [2.05, 4.69) is 23.7 Å². The van der Waals surface area contributed by atoms with Crippen molar-refractivity contribution in [2.24, 2.45) is 11.3 Å². The first-order valence-electron chi connectivity index (χ1n) is 8.46. The molecule has 2 rings (SSSR count). The van der Waals surface area contributed by atoms with Crippen LogP contribution in [0.3, 0.4) is 0 Å². The van der Waals surface area contributed by atoms with Crippen molar-refractivity contribution in [3.63, 3.8) is 0 Å². The Morgan fingerprint density at radius 1 is 1.14 bits per heavy atom. The second kappa shape index (κ2) is 9.45. The molecule has 150 valence electrons. The molecule has 2 saturated heterocycles. The van der Waals surface area contributed by atoms with Gasteiger partial charge >= 0.3 is 12.1 Å². The summed E-state index contributed by atoms with van der Waals surface area (Å²) in [6.45, 7) is 7.19. The maximum atomic E-state index is 12.4. The molecule has 10 heteroatoms. The monoisotopic (exact) mass is 390 g/mol. The predicted octanol–water partition coefficient (Wildman–Crippen LogP) is 0.0491. The lowest BCUT2D eigenvalue weighted by Gasteiger charge is -2.39. The van der Waals surface area contributed by atoms with Crippen LogP contribution in [-0.2, 0) is 19.2 Å². The second-order valence-corrected chi connectivity index (χ2v) is 6.09. The van der Waals surface area contributed by atoms with Crippen molar-refractivity contribution in [3.8, 4) is 11.8 Å². The smallest absolute Gasteiger partial charge is 0.277 e. The molecule has 0 radical (unpaired) electrons. The summed E-state index contributed by atoms with van der Waals surface area (Å²) in [4.78, 5) is 67.8. The van der Waals surface area contributed by atoms with E-state index in [0.29, 0.717) is 6.42 Å². The summed E-state index contributed by atoms with van der Waals surface area (Å²) < 4.78 is 0. The molecular weight excluding hydrogens is 368 g/mol. The average Bonchev–Trinajstić information content (AvgIpc) is 2.61. The summed E-state index contributed by atoms with van der Waals surface area (Å²) in [5.41, 5.74) is -1.37. The average molecular weight is 390 g/mol. The molecule has 2 unspecified atom stereocenters. The minimum atomic E-state index is -1.37. The zero-order chi connectivity index (χ0) is 21.5. The van der Waals surface area contributed by atoms with E-state index in [1.165, 1.54) is 13.1 Å². The van der Waals surface area contributed by atoms with Crippen LogP contribution in [0.2, 0.25) is 0 Å². The van der Waals surface area contributed by atoms with E-state index in [1.54, 1.807) is 6.92 Å². The summed E-state index contributed by atoms with van der Waals surface area (Å²) in [7, 11) is 1.35. The maximum absolute atomic E-state index is 12.4. The number of barbiturate groups is 2. The number of carbonyl (C=O) groups is 6. The second-order valence-electron chi connectivity index (χ2n) is 6.09. The van der Waals surface area contributed by atoms with Gasteiger partial charge in [-0.05, 0) is 13.3 Å². The van der Waals surface area contributed by atoms with Gasteiger partial charge in [0, 0.05) is 19.4 Å². The minimum Gasteiger partial charge on any atom is -0.277 e. The highest BCUT2D eigenvalue weighted by molar-refractivity contribution is 6.19. The van der Waals surface area contributed by atoms with Crippen LogP contribution in [0.15, 0.2) is 12.7 Å². The fourth-order valence-corrected chi connectivity index (χ4v) is 2.64. The number of nitrogens with one attached hydrogen (secondary N) is 3. The van der Waals surface area contributed by atoms with Crippen LogP contribution in [0.25, 0.3) is 0 Å². The van der Waals surface area contributed by atoms with Crippen molar-refractivity contribution in [2.75, 3.05) is 7.05 Å². The number of amides is 8. The van der Waals surface area contributed by atoms with Gasteiger partial charge in [0.1, 0.15) is 11.8 Å². The van der Waals surface area contributed by atoms with Gasteiger partial charge in [-0.1, -0.05) is 18.9 Å². The third kappa shape index (κ3) is 4.82. The number of carbonyl (C=O) groups excluding carboxylic acids is 6. The maximum Gasteiger partial charge on any atom is 0.330 e. The van der Waals surface area contributed by atoms with Gasteiger partial charge < -0.3 is 0 Å². The molecule has 2 atom stereocenters. The Morgan fingerprint density at radius 2 is 1.71 bits per heavy atom. The largest absolute Gasteiger partial charge is 0.330 e. The van der Waals surface area contributed by atoms with E-state index in [4.69, 9.17) is 0 Å². The molecular formula is C18H22N4O6. The lowest BCUT2D eigenvalue weighted by atomic mass is 9.71. The number of nitrogens with zero attached hydrogens (tertiary/aromatic N) is 1. The highest BCUT2D eigenvalue weighted by Crippen LogP contribution is 2.36. The Hall–Kier alpha value is -3.48. The van der Waals surface area contributed by atoms with E-state index in [9.17, 15) is 28.8 Å². The first-order valence-corrected chi connectivity index (χ1v) is 8.46. The number of hydrogen-bond donors (Lipinski definition) is 3. The summed E-state index contributed by atoms with van der Waals surface area (Å²) in [6, 6.07) is -1.44. The molecule has 0 aromatic carbocycles. The summed E-state index contributed by atoms with van der Waals surface area (Å²) in [5, 5.41) is 6.00. The van der Waals surface area contributed by atoms with Crippen LogP contribution in [-0.4, -0.2) is 47.6 Å². The lowest BCUT2D eigenvalue weighted by molar-refractivity contribution is -0.152. The number of allylic oxidation sites excluding steroid dienone is 1. The zero-order valence-electron chi connectivity index (χ0n) is 15.9. The number of rotatable bonds is 3. The van der Waals surface area contributed by atoms with Crippen LogP contribution in [0, 0.1) is 23.2 Å². The third-order valence-electron chi connectivity index (χ3n) is 4.14. The molecule has 3 N–H and O–H groups in total. The Kier molecular flexibility index (Phi) is 7.62. The van der Waals surface area contributed by atoms with E-state index < -0.39 is 47.0 Å². The van der Waals surface area contributed by atoms with Gasteiger partial charge in [-0.25, -0.2) is 9.59 Å². The molecule has 0 saturated carbocycles.